The van der Waals surface area contributed by atoms with Gasteiger partial charge in [-0.1, -0.05) is 175 Å². The minimum absolute atomic E-state index is 1.00. The van der Waals surface area contributed by atoms with E-state index in [1.165, 1.54) is 141 Å². The predicted octanol–water partition coefficient (Wildman–Crippen LogP) is 10.7. The zero-order valence-electron chi connectivity index (χ0n) is 20.0. The summed E-state index contributed by atoms with van der Waals surface area (Å²) in [5.74, 6) is 1.00. The molecule has 1 unspecified atom stereocenters. The van der Waals surface area contributed by atoms with Crippen molar-refractivity contribution < 1.29 is 0 Å². The van der Waals surface area contributed by atoms with Gasteiger partial charge in [0.1, 0.15) is 0 Å². The summed E-state index contributed by atoms with van der Waals surface area (Å²) < 4.78 is 0. The van der Waals surface area contributed by atoms with Gasteiger partial charge >= 0.3 is 0 Å². The molecule has 1 atom stereocenters. The molecule has 0 amide bonds. The van der Waals surface area contributed by atoms with Crippen LogP contribution in [0.4, 0.5) is 0 Å². The highest BCUT2D eigenvalue weighted by Crippen LogP contribution is 2.21. The van der Waals surface area contributed by atoms with E-state index in [1.807, 2.05) is 0 Å². The Morgan fingerprint density at radius 2 is 0.643 bits per heavy atom. The summed E-state index contributed by atoms with van der Waals surface area (Å²) in [6, 6.07) is 0. The minimum Gasteiger partial charge on any atom is -0.0651 e. The molecule has 0 aliphatic rings. The second-order valence-corrected chi connectivity index (χ2v) is 9.28. The van der Waals surface area contributed by atoms with Crippen LogP contribution in [0.3, 0.4) is 0 Å². The highest BCUT2D eigenvalue weighted by Gasteiger charge is 2.05. The van der Waals surface area contributed by atoms with Gasteiger partial charge in [-0.2, -0.15) is 0 Å². The van der Waals surface area contributed by atoms with Crippen molar-refractivity contribution in [2.75, 3.05) is 0 Å². The van der Waals surface area contributed by atoms with Gasteiger partial charge in [-0.05, 0) is 5.92 Å². The first-order chi connectivity index (χ1) is 13.8. The topological polar surface area (TPSA) is 0 Å². The highest BCUT2D eigenvalue weighted by molar-refractivity contribution is 4.59. The largest absolute Gasteiger partial charge is 0.0651 e. The number of rotatable bonds is 24. The molecule has 0 spiro atoms. The van der Waals surface area contributed by atoms with Crippen LogP contribution >= 0.6 is 0 Å². The third-order valence-corrected chi connectivity index (χ3v) is 6.55. The van der Waals surface area contributed by atoms with Gasteiger partial charge in [0.05, 0.1) is 0 Å². The molecular formula is C28H56. The zero-order valence-corrected chi connectivity index (χ0v) is 20.0. The maximum absolute atomic E-state index is 3.94. The molecule has 0 aliphatic carbocycles. The molecule has 0 saturated carbocycles. The number of hydrogen-bond donors (Lipinski definition) is 0. The van der Waals surface area contributed by atoms with Crippen LogP contribution in [0.15, 0.2) is 0 Å². The van der Waals surface area contributed by atoms with Crippen molar-refractivity contribution in [2.45, 2.75) is 161 Å². The fourth-order valence-electron chi connectivity index (χ4n) is 4.42. The van der Waals surface area contributed by atoms with Crippen molar-refractivity contribution in [3.63, 3.8) is 0 Å². The van der Waals surface area contributed by atoms with E-state index in [2.05, 4.69) is 20.8 Å². The molecule has 0 heterocycles. The molecule has 0 aromatic rings. The molecule has 28 heavy (non-hydrogen) atoms. The molecule has 0 fully saturated rings. The minimum atomic E-state index is 1.00. The Morgan fingerprint density at radius 1 is 0.393 bits per heavy atom. The summed E-state index contributed by atoms with van der Waals surface area (Å²) >= 11 is 0. The first-order valence-electron chi connectivity index (χ1n) is 13.4. The number of unbranched alkanes of at least 4 members (excludes halogenated alkanes) is 19. The smallest absolute Gasteiger partial charge is 0.0417 e. The first kappa shape index (κ1) is 28.0. The second-order valence-electron chi connectivity index (χ2n) is 9.28. The van der Waals surface area contributed by atoms with Crippen LogP contribution in [0.25, 0.3) is 0 Å². The van der Waals surface area contributed by atoms with Crippen LogP contribution in [-0.4, -0.2) is 0 Å². The third kappa shape index (κ3) is 22.3. The highest BCUT2D eigenvalue weighted by atomic mass is 14.1. The second kappa shape index (κ2) is 25.0. The van der Waals surface area contributed by atoms with Crippen LogP contribution in [0.5, 0.6) is 0 Å². The maximum Gasteiger partial charge on any atom is -0.0417 e. The molecule has 0 bridgehead atoms. The molecule has 0 rings (SSSR count). The molecule has 0 nitrogen and oxygen atoms in total. The lowest BCUT2D eigenvalue weighted by molar-refractivity contribution is 0.393. The van der Waals surface area contributed by atoms with Gasteiger partial charge in [-0.25, -0.2) is 0 Å². The van der Waals surface area contributed by atoms with Gasteiger partial charge in [-0.15, -0.1) is 0 Å². The Kier molecular flexibility index (Phi) is 25.0. The summed E-state index contributed by atoms with van der Waals surface area (Å²) in [7, 11) is 0. The molecule has 0 saturated heterocycles. The fourth-order valence-corrected chi connectivity index (χ4v) is 4.42. The molecule has 0 N–H and O–H groups in total. The van der Waals surface area contributed by atoms with Gasteiger partial charge in [0, 0.05) is 0 Å². The average molecular weight is 393 g/mol. The molecular weight excluding hydrogens is 336 g/mol. The van der Waals surface area contributed by atoms with Crippen molar-refractivity contribution >= 4 is 0 Å². The normalized spacial score (nSPS) is 12.5. The maximum atomic E-state index is 3.94. The summed E-state index contributed by atoms with van der Waals surface area (Å²) in [5, 5.41) is 0. The Morgan fingerprint density at radius 3 is 0.893 bits per heavy atom. The van der Waals surface area contributed by atoms with E-state index >= 15 is 0 Å². The van der Waals surface area contributed by atoms with Crippen molar-refractivity contribution in [1.82, 2.24) is 0 Å². The van der Waals surface area contributed by atoms with E-state index in [9.17, 15) is 0 Å². The van der Waals surface area contributed by atoms with E-state index in [4.69, 9.17) is 0 Å². The average Bonchev–Trinajstić information content (AvgIpc) is 2.71. The molecule has 0 aliphatic heterocycles. The van der Waals surface area contributed by atoms with Crippen LogP contribution in [0, 0.1) is 19.8 Å². The lowest BCUT2D eigenvalue weighted by atomic mass is 9.92. The van der Waals surface area contributed by atoms with Crippen LogP contribution in [0.1, 0.15) is 161 Å². The molecule has 0 heteroatoms. The lowest BCUT2D eigenvalue weighted by Crippen LogP contribution is -1.99. The SMILES string of the molecule is [CH2]CCCCCCCCCCCCCCCCCC(CC)CCCCCC[CH2]. The van der Waals surface area contributed by atoms with E-state index in [0.29, 0.717) is 0 Å². The predicted molar refractivity (Wildman–Crippen MR) is 131 cm³/mol. The van der Waals surface area contributed by atoms with Gasteiger partial charge < -0.3 is 0 Å². The number of hydrogen-bond acceptors (Lipinski definition) is 0. The van der Waals surface area contributed by atoms with E-state index in [1.54, 1.807) is 0 Å². The van der Waals surface area contributed by atoms with Crippen molar-refractivity contribution in [1.29, 1.82) is 0 Å². The fraction of sp³-hybridized carbons (Fsp3) is 0.929. The Labute approximate surface area is 181 Å². The standard InChI is InChI=1S/C28H56/c1-4-7-9-11-12-13-14-15-16-17-18-19-20-21-23-25-27-28(6-3)26-24-22-10-8-5-2/h28H,1-2,4-27H2,3H3. The third-order valence-electron chi connectivity index (χ3n) is 6.55. The van der Waals surface area contributed by atoms with Crippen LogP contribution in [-0.2, 0) is 0 Å². The Bertz CT molecular complexity index is 257. The summed E-state index contributed by atoms with van der Waals surface area (Å²) in [4.78, 5) is 0. The van der Waals surface area contributed by atoms with E-state index in [0.717, 1.165) is 18.8 Å². The van der Waals surface area contributed by atoms with Gasteiger partial charge in [0.2, 0.25) is 0 Å². The first-order valence-corrected chi connectivity index (χ1v) is 13.4. The monoisotopic (exact) mass is 392 g/mol. The summed E-state index contributed by atoms with van der Waals surface area (Å²) in [6.45, 7) is 10.2. The Balaban J connectivity index is 3.19. The van der Waals surface area contributed by atoms with Crippen molar-refractivity contribution in [3.05, 3.63) is 13.8 Å². The zero-order chi connectivity index (χ0) is 20.5. The van der Waals surface area contributed by atoms with E-state index in [-0.39, 0.29) is 0 Å². The molecule has 2 radical (unpaired) electrons. The van der Waals surface area contributed by atoms with Gasteiger partial charge in [-0.3, -0.25) is 0 Å². The van der Waals surface area contributed by atoms with Crippen molar-refractivity contribution in [2.24, 2.45) is 5.92 Å². The van der Waals surface area contributed by atoms with Crippen LogP contribution < -0.4 is 0 Å². The summed E-state index contributed by atoms with van der Waals surface area (Å²) in [5.41, 5.74) is 0. The van der Waals surface area contributed by atoms with Gasteiger partial charge in [0.25, 0.3) is 0 Å². The molecule has 0 aromatic heterocycles. The van der Waals surface area contributed by atoms with Crippen molar-refractivity contribution in [3.8, 4) is 0 Å². The van der Waals surface area contributed by atoms with Crippen LogP contribution in [0.2, 0.25) is 0 Å². The quantitative estimate of drug-likeness (QED) is 0.143. The molecule has 168 valence electrons. The summed E-state index contributed by atoms with van der Waals surface area (Å²) in [6.07, 6.45) is 34.1. The molecule has 0 aromatic carbocycles. The van der Waals surface area contributed by atoms with E-state index < -0.39 is 0 Å². The van der Waals surface area contributed by atoms with Gasteiger partial charge in [0.15, 0.2) is 0 Å². The Hall–Kier alpha value is 0. The lowest BCUT2D eigenvalue weighted by Gasteiger charge is -2.14.